The van der Waals surface area contributed by atoms with Crippen LogP contribution in [0.2, 0.25) is 0 Å². The fourth-order valence-electron chi connectivity index (χ4n) is 0.945. The first-order chi connectivity index (χ1) is 6.49. The van der Waals surface area contributed by atoms with Gasteiger partial charge in [-0.2, -0.15) is 0 Å². The van der Waals surface area contributed by atoms with Gasteiger partial charge in [0.05, 0.1) is 5.56 Å². The van der Waals surface area contributed by atoms with Gasteiger partial charge >= 0.3 is 5.97 Å². The molecule has 0 spiro atoms. The van der Waals surface area contributed by atoms with Gasteiger partial charge in [-0.15, -0.1) is 0 Å². The molecule has 2 nitrogen and oxygen atoms in total. The third-order valence-corrected chi connectivity index (χ3v) is 2.12. The Balaban J connectivity index is 3.20. The van der Waals surface area contributed by atoms with E-state index in [1.54, 1.807) is 6.07 Å². The third kappa shape index (κ3) is 3.33. The molecule has 1 aromatic carbocycles. The molecule has 0 atom stereocenters. The number of carbonyl (C=O) groups is 1. The van der Waals surface area contributed by atoms with E-state index in [9.17, 15) is 4.79 Å². The van der Waals surface area contributed by atoms with E-state index in [1.165, 1.54) is 18.2 Å². The summed E-state index contributed by atoms with van der Waals surface area (Å²) in [6, 6.07) is 4.71. The second-order valence-corrected chi connectivity index (χ2v) is 4.44. The van der Waals surface area contributed by atoms with Crippen molar-refractivity contribution in [3.8, 4) is 0 Å². The minimum Gasteiger partial charge on any atom is -0.478 e. The zero-order chi connectivity index (χ0) is 10.7. The highest BCUT2D eigenvalue weighted by atomic mass is 79.9. The van der Waals surface area contributed by atoms with Gasteiger partial charge in [-0.05, 0) is 29.8 Å². The lowest BCUT2D eigenvalue weighted by Gasteiger charge is -1.99. The van der Waals surface area contributed by atoms with Crippen molar-refractivity contribution in [1.82, 2.24) is 0 Å². The van der Waals surface area contributed by atoms with E-state index in [-0.39, 0.29) is 10.1 Å². The van der Waals surface area contributed by atoms with Crippen LogP contribution in [0.25, 0.3) is 6.08 Å². The first-order valence-corrected chi connectivity index (χ1v) is 5.10. The molecule has 0 fully saturated rings. The topological polar surface area (TPSA) is 37.3 Å². The lowest BCUT2D eigenvalue weighted by molar-refractivity contribution is 0.0697. The summed E-state index contributed by atoms with van der Waals surface area (Å²) in [5.41, 5.74) is 0.817. The average Bonchev–Trinajstić information content (AvgIpc) is 2.01. The van der Waals surface area contributed by atoms with Gasteiger partial charge in [0.1, 0.15) is 4.49 Å². The summed E-state index contributed by atoms with van der Waals surface area (Å²) in [6.07, 6.45) is 1.47. The van der Waals surface area contributed by atoms with Gasteiger partial charge in [0.15, 0.2) is 0 Å². The molecule has 74 valence electrons. The molecule has 0 heterocycles. The number of hydrogen-bond acceptors (Lipinski definition) is 1. The van der Waals surface area contributed by atoms with Crippen molar-refractivity contribution in [3.63, 3.8) is 0 Å². The van der Waals surface area contributed by atoms with E-state index in [0.29, 0.717) is 10.0 Å². The van der Waals surface area contributed by atoms with Crippen molar-refractivity contribution in [2.75, 3.05) is 0 Å². The molecule has 5 heteroatoms. The van der Waals surface area contributed by atoms with E-state index in [4.69, 9.17) is 28.3 Å². The second kappa shape index (κ2) is 4.82. The molecule has 0 amide bonds. The molecule has 0 aliphatic heterocycles. The van der Waals surface area contributed by atoms with Crippen molar-refractivity contribution in [3.05, 3.63) is 38.3 Å². The molecule has 0 saturated carbocycles. The molecule has 1 aromatic rings. The van der Waals surface area contributed by atoms with Crippen LogP contribution >= 0.6 is 39.1 Å². The standard InChI is InChI=1S/C9H5BrCl2O2/c10-7-2-5(3-8(11)12)1-6(4-7)9(13)14/h1-4H,(H,13,14). The molecule has 0 radical (unpaired) electrons. The second-order valence-electron chi connectivity index (χ2n) is 2.51. The first-order valence-electron chi connectivity index (χ1n) is 3.55. The lowest BCUT2D eigenvalue weighted by atomic mass is 10.1. The largest absolute Gasteiger partial charge is 0.478 e. The van der Waals surface area contributed by atoms with Gasteiger partial charge < -0.3 is 5.11 Å². The summed E-state index contributed by atoms with van der Waals surface area (Å²) >= 11 is 14.1. The summed E-state index contributed by atoms with van der Waals surface area (Å²) in [6.45, 7) is 0. The predicted molar refractivity (Wildman–Crippen MR) is 60.8 cm³/mol. The Morgan fingerprint density at radius 1 is 1.36 bits per heavy atom. The molecule has 0 saturated heterocycles. The molecule has 0 unspecified atom stereocenters. The highest BCUT2D eigenvalue weighted by molar-refractivity contribution is 9.10. The van der Waals surface area contributed by atoms with E-state index < -0.39 is 5.97 Å². The van der Waals surface area contributed by atoms with Crippen LogP contribution in [0.5, 0.6) is 0 Å². The first kappa shape index (κ1) is 11.6. The van der Waals surface area contributed by atoms with Crippen LogP contribution in [0.3, 0.4) is 0 Å². The molecular weight excluding hydrogens is 291 g/mol. The summed E-state index contributed by atoms with van der Waals surface area (Å²) < 4.78 is 0.748. The van der Waals surface area contributed by atoms with Gasteiger partial charge in [-0.3, -0.25) is 0 Å². The Hall–Kier alpha value is -0.510. The maximum atomic E-state index is 10.7. The zero-order valence-electron chi connectivity index (χ0n) is 6.80. The maximum absolute atomic E-state index is 10.7. The van der Waals surface area contributed by atoms with Crippen molar-refractivity contribution < 1.29 is 9.90 Å². The Morgan fingerprint density at radius 2 is 2.00 bits per heavy atom. The van der Waals surface area contributed by atoms with E-state index in [2.05, 4.69) is 15.9 Å². The normalized spacial score (nSPS) is 9.64. The zero-order valence-corrected chi connectivity index (χ0v) is 9.90. The van der Waals surface area contributed by atoms with Crippen LogP contribution in [-0.4, -0.2) is 11.1 Å². The molecule has 14 heavy (non-hydrogen) atoms. The van der Waals surface area contributed by atoms with Crippen molar-refractivity contribution >= 4 is 51.2 Å². The molecule has 0 aliphatic carbocycles. The summed E-state index contributed by atoms with van der Waals surface area (Å²) in [4.78, 5) is 10.7. The Bertz CT molecular complexity index is 398. The van der Waals surface area contributed by atoms with Crippen molar-refractivity contribution in [1.29, 1.82) is 0 Å². The fourth-order valence-corrected chi connectivity index (χ4v) is 1.71. The Kier molecular flexibility index (Phi) is 3.98. The molecule has 0 aliphatic rings. The van der Waals surface area contributed by atoms with Gasteiger partial charge in [-0.1, -0.05) is 39.1 Å². The highest BCUT2D eigenvalue weighted by Gasteiger charge is 2.04. The lowest BCUT2D eigenvalue weighted by Crippen LogP contribution is -1.96. The molecular formula is C9H5BrCl2O2. The Morgan fingerprint density at radius 3 is 2.50 bits per heavy atom. The van der Waals surface area contributed by atoms with Crippen molar-refractivity contribution in [2.24, 2.45) is 0 Å². The minimum absolute atomic E-state index is 0.0828. The van der Waals surface area contributed by atoms with Crippen LogP contribution in [0.4, 0.5) is 0 Å². The highest BCUT2D eigenvalue weighted by Crippen LogP contribution is 2.20. The van der Waals surface area contributed by atoms with Crippen LogP contribution in [0.15, 0.2) is 27.2 Å². The number of rotatable bonds is 2. The van der Waals surface area contributed by atoms with Gasteiger partial charge in [0.25, 0.3) is 0 Å². The van der Waals surface area contributed by atoms with Crippen LogP contribution in [0.1, 0.15) is 15.9 Å². The predicted octanol–water partition coefficient (Wildman–Crippen LogP) is 3.92. The van der Waals surface area contributed by atoms with E-state index in [0.717, 1.165) is 0 Å². The summed E-state index contributed by atoms with van der Waals surface area (Å²) in [7, 11) is 0. The number of carboxylic acid groups (broad SMARTS) is 1. The van der Waals surface area contributed by atoms with Crippen LogP contribution in [0, 0.1) is 0 Å². The molecule has 1 N–H and O–H groups in total. The number of hydrogen-bond donors (Lipinski definition) is 1. The molecule has 0 aromatic heterocycles. The molecule has 1 rings (SSSR count). The Labute approximate surface area is 99.3 Å². The van der Waals surface area contributed by atoms with Crippen molar-refractivity contribution in [2.45, 2.75) is 0 Å². The maximum Gasteiger partial charge on any atom is 0.335 e. The molecule has 0 bridgehead atoms. The van der Waals surface area contributed by atoms with Crippen LogP contribution < -0.4 is 0 Å². The quantitative estimate of drug-likeness (QED) is 0.898. The third-order valence-electron chi connectivity index (χ3n) is 1.44. The fraction of sp³-hybridized carbons (Fsp3) is 0. The van der Waals surface area contributed by atoms with Gasteiger partial charge in [0.2, 0.25) is 0 Å². The number of aromatic carboxylic acids is 1. The van der Waals surface area contributed by atoms with Gasteiger partial charge in [0, 0.05) is 4.47 Å². The minimum atomic E-state index is -0.994. The smallest absolute Gasteiger partial charge is 0.335 e. The van der Waals surface area contributed by atoms with Crippen LogP contribution in [-0.2, 0) is 0 Å². The number of carboxylic acids is 1. The van der Waals surface area contributed by atoms with E-state index in [1.807, 2.05) is 0 Å². The summed E-state index contributed by atoms with van der Waals surface area (Å²) in [5, 5.41) is 8.76. The average molecular weight is 296 g/mol. The van der Waals surface area contributed by atoms with Gasteiger partial charge in [-0.25, -0.2) is 4.79 Å². The number of benzene rings is 1. The SMILES string of the molecule is O=C(O)c1cc(Br)cc(C=C(Cl)Cl)c1. The van der Waals surface area contributed by atoms with E-state index >= 15 is 0 Å². The monoisotopic (exact) mass is 294 g/mol. The summed E-state index contributed by atoms with van der Waals surface area (Å²) in [5.74, 6) is -0.994. The number of halogens is 3.